The first-order valence-electron chi connectivity index (χ1n) is 7.40. The van der Waals surface area contributed by atoms with Crippen molar-refractivity contribution in [3.63, 3.8) is 0 Å². The molecular formula is C16H22FNO2S. The second-order valence-electron chi connectivity index (χ2n) is 5.44. The second kappa shape index (κ2) is 7.27. The van der Waals surface area contributed by atoms with Crippen LogP contribution in [0.2, 0.25) is 0 Å². The van der Waals surface area contributed by atoms with E-state index in [4.69, 9.17) is 10.5 Å². The van der Waals surface area contributed by atoms with E-state index in [0.717, 1.165) is 29.9 Å². The Morgan fingerprint density at radius 3 is 2.86 bits per heavy atom. The Labute approximate surface area is 129 Å². The quantitative estimate of drug-likeness (QED) is 0.646. The van der Waals surface area contributed by atoms with Gasteiger partial charge >= 0.3 is 5.97 Å². The third-order valence-corrected chi connectivity index (χ3v) is 5.12. The molecule has 5 heteroatoms. The molecule has 1 aromatic rings. The molecule has 0 spiro atoms. The lowest BCUT2D eigenvalue weighted by atomic mass is 9.86. The lowest BCUT2D eigenvalue weighted by molar-refractivity contribution is -0.151. The number of carbonyl (C=O) groups excluding carboxylic acids is 1. The molecular weight excluding hydrogens is 289 g/mol. The molecule has 0 bridgehead atoms. The van der Waals surface area contributed by atoms with Gasteiger partial charge in [-0.05, 0) is 62.1 Å². The minimum Gasteiger partial charge on any atom is -0.465 e. The molecule has 0 aromatic heterocycles. The Hall–Kier alpha value is -1.07. The summed E-state index contributed by atoms with van der Waals surface area (Å²) >= 11 is 1.67. The number of nitrogens with two attached hydrogens (primary N) is 1. The number of hydrogen-bond acceptors (Lipinski definition) is 4. The van der Waals surface area contributed by atoms with Gasteiger partial charge in [-0.2, -0.15) is 0 Å². The molecule has 0 amide bonds. The molecule has 2 unspecified atom stereocenters. The van der Waals surface area contributed by atoms with Gasteiger partial charge in [0.1, 0.15) is 11.4 Å². The average Bonchev–Trinajstić information content (AvgIpc) is 2.84. The molecule has 1 saturated carbocycles. The van der Waals surface area contributed by atoms with Gasteiger partial charge in [0.2, 0.25) is 0 Å². The van der Waals surface area contributed by atoms with Crippen LogP contribution in [0.15, 0.2) is 29.2 Å². The van der Waals surface area contributed by atoms with Crippen LogP contribution in [0, 0.1) is 11.7 Å². The van der Waals surface area contributed by atoms with E-state index in [1.165, 1.54) is 12.1 Å². The van der Waals surface area contributed by atoms with Crippen LogP contribution < -0.4 is 5.73 Å². The summed E-state index contributed by atoms with van der Waals surface area (Å²) in [6, 6.07) is 6.47. The Bertz CT molecular complexity index is 480. The fourth-order valence-electron chi connectivity index (χ4n) is 2.89. The summed E-state index contributed by atoms with van der Waals surface area (Å²) in [4.78, 5) is 13.1. The zero-order valence-electron chi connectivity index (χ0n) is 12.3. The first kappa shape index (κ1) is 16.3. The molecule has 1 fully saturated rings. The predicted molar refractivity (Wildman–Crippen MR) is 82.6 cm³/mol. The van der Waals surface area contributed by atoms with Gasteiger partial charge in [0.05, 0.1) is 6.61 Å². The Morgan fingerprint density at radius 2 is 2.19 bits per heavy atom. The highest BCUT2D eigenvalue weighted by molar-refractivity contribution is 7.99. The van der Waals surface area contributed by atoms with E-state index in [9.17, 15) is 9.18 Å². The smallest absolute Gasteiger partial charge is 0.326 e. The number of ether oxygens (including phenoxy) is 1. The minimum atomic E-state index is -0.820. The first-order chi connectivity index (χ1) is 10.1. The van der Waals surface area contributed by atoms with E-state index in [1.807, 2.05) is 0 Å². The number of rotatable bonds is 6. The van der Waals surface area contributed by atoms with Crippen LogP contribution in [0.1, 0.15) is 32.6 Å². The monoisotopic (exact) mass is 311 g/mol. The maximum absolute atomic E-state index is 12.8. The molecule has 1 aliphatic carbocycles. The summed E-state index contributed by atoms with van der Waals surface area (Å²) in [7, 11) is 0. The van der Waals surface area contributed by atoms with Gasteiger partial charge in [-0.1, -0.05) is 6.42 Å². The molecule has 0 saturated heterocycles. The molecule has 0 heterocycles. The summed E-state index contributed by atoms with van der Waals surface area (Å²) in [5.41, 5.74) is 5.48. The van der Waals surface area contributed by atoms with Crippen LogP contribution in [0.3, 0.4) is 0 Å². The van der Waals surface area contributed by atoms with Gasteiger partial charge in [0.25, 0.3) is 0 Å². The van der Waals surface area contributed by atoms with Crippen molar-refractivity contribution >= 4 is 17.7 Å². The van der Waals surface area contributed by atoms with Crippen molar-refractivity contribution in [3.8, 4) is 0 Å². The summed E-state index contributed by atoms with van der Waals surface area (Å²) in [6.45, 7) is 2.17. The van der Waals surface area contributed by atoms with Crippen molar-refractivity contribution in [1.82, 2.24) is 0 Å². The van der Waals surface area contributed by atoms with Crippen LogP contribution in [0.5, 0.6) is 0 Å². The average molecular weight is 311 g/mol. The summed E-state index contributed by atoms with van der Waals surface area (Å²) in [5.74, 6) is 0.552. The van der Waals surface area contributed by atoms with Crippen molar-refractivity contribution in [1.29, 1.82) is 0 Å². The van der Waals surface area contributed by atoms with E-state index >= 15 is 0 Å². The third kappa shape index (κ3) is 3.98. The van der Waals surface area contributed by atoms with Crippen molar-refractivity contribution in [3.05, 3.63) is 30.1 Å². The zero-order valence-corrected chi connectivity index (χ0v) is 13.1. The van der Waals surface area contributed by atoms with Gasteiger partial charge < -0.3 is 10.5 Å². The molecule has 0 radical (unpaired) electrons. The molecule has 21 heavy (non-hydrogen) atoms. The molecule has 116 valence electrons. The molecule has 1 aromatic carbocycles. The van der Waals surface area contributed by atoms with Crippen LogP contribution >= 0.6 is 11.8 Å². The van der Waals surface area contributed by atoms with Crippen LogP contribution in [0.25, 0.3) is 0 Å². The summed E-state index contributed by atoms with van der Waals surface area (Å²) in [6.07, 6.45) is 3.52. The number of carbonyl (C=O) groups is 1. The molecule has 3 nitrogen and oxygen atoms in total. The third-order valence-electron chi connectivity index (χ3n) is 4.08. The predicted octanol–water partition coefficient (Wildman–Crippen LogP) is 3.37. The molecule has 1 aliphatic rings. The SMILES string of the molecule is CCOC(=O)C1(N)CCCC1CCSc1ccc(F)cc1. The van der Waals surface area contributed by atoms with Crippen LogP contribution in [-0.4, -0.2) is 23.9 Å². The second-order valence-corrected chi connectivity index (χ2v) is 6.61. The fraction of sp³-hybridized carbons (Fsp3) is 0.562. The highest BCUT2D eigenvalue weighted by atomic mass is 32.2. The van der Waals surface area contributed by atoms with Gasteiger partial charge in [0, 0.05) is 4.90 Å². The number of benzene rings is 1. The molecule has 2 rings (SSSR count). The summed E-state index contributed by atoms with van der Waals surface area (Å²) < 4.78 is 18.0. The van der Waals surface area contributed by atoms with Crippen molar-refractivity contribution in [2.24, 2.45) is 11.7 Å². The van der Waals surface area contributed by atoms with Crippen molar-refractivity contribution in [2.45, 2.75) is 43.0 Å². The number of thioether (sulfide) groups is 1. The van der Waals surface area contributed by atoms with E-state index in [-0.39, 0.29) is 17.7 Å². The number of hydrogen-bond donors (Lipinski definition) is 1. The zero-order chi connectivity index (χ0) is 15.3. The van der Waals surface area contributed by atoms with E-state index < -0.39 is 5.54 Å². The Morgan fingerprint density at radius 1 is 1.48 bits per heavy atom. The lowest BCUT2D eigenvalue weighted by Gasteiger charge is -2.28. The van der Waals surface area contributed by atoms with E-state index in [1.54, 1.807) is 30.8 Å². The number of esters is 1. The van der Waals surface area contributed by atoms with E-state index in [0.29, 0.717) is 13.0 Å². The Balaban J connectivity index is 1.87. The fourth-order valence-corrected chi connectivity index (χ4v) is 3.86. The highest BCUT2D eigenvalue weighted by Gasteiger charge is 2.46. The topological polar surface area (TPSA) is 52.3 Å². The maximum atomic E-state index is 12.8. The minimum absolute atomic E-state index is 0.171. The van der Waals surface area contributed by atoms with Crippen LogP contribution in [-0.2, 0) is 9.53 Å². The van der Waals surface area contributed by atoms with Gasteiger partial charge in [-0.25, -0.2) is 4.39 Å². The Kier molecular flexibility index (Phi) is 5.65. The standard InChI is InChI=1S/C16H22FNO2S/c1-2-20-15(19)16(18)10-3-4-12(16)9-11-21-14-7-5-13(17)6-8-14/h5-8,12H,2-4,9-11,18H2,1H3. The van der Waals surface area contributed by atoms with Gasteiger partial charge in [-0.3, -0.25) is 4.79 Å². The summed E-state index contributed by atoms with van der Waals surface area (Å²) in [5, 5.41) is 0. The van der Waals surface area contributed by atoms with Gasteiger partial charge in [0.15, 0.2) is 0 Å². The molecule has 2 atom stereocenters. The largest absolute Gasteiger partial charge is 0.465 e. The number of halogens is 1. The van der Waals surface area contributed by atoms with E-state index in [2.05, 4.69) is 0 Å². The van der Waals surface area contributed by atoms with Crippen molar-refractivity contribution in [2.75, 3.05) is 12.4 Å². The normalized spacial score (nSPS) is 25.0. The van der Waals surface area contributed by atoms with Gasteiger partial charge in [-0.15, -0.1) is 11.8 Å². The molecule has 0 aliphatic heterocycles. The first-order valence-corrected chi connectivity index (χ1v) is 8.39. The van der Waals surface area contributed by atoms with Crippen molar-refractivity contribution < 1.29 is 13.9 Å². The molecule has 2 N–H and O–H groups in total. The highest BCUT2D eigenvalue weighted by Crippen LogP contribution is 2.38. The lowest BCUT2D eigenvalue weighted by Crippen LogP contribution is -2.52. The van der Waals surface area contributed by atoms with Crippen LogP contribution in [0.4, 0.5) is 4.39 Å². The maximum Gasteiger partial charge on any atom is 0.326 e.